The third kappa shape index (κ3) is 14.6. The Morgan fingerprint density at radius 3 is 2.47 bits per heavy atom. The first kappa shape index (κ1) is 17.7. The maximum Gasteiger partial charge on any atom is 0.243 e. The zero-order chi connectivity index (χ0) is 14.3. The summed E-state index contributed by atoms with van der Waals surface area (Å²) in [5, 5.41) is 2.79. The molecule has 0 atom stereocenters. The Bertz CT molecular complexity index is 275. The Morgan fingerprint density at radius 1 is 1.05 bits per heavy atom. The number of unbranched alkanes of at least 4 members (excludes halogenated alkanes) is 6. The van der Waals surface area contributed by atoms with E-state index in [0.717, 1.165) is 25.7 Å². The summed E-state index contributed by atoms with van der Waals surface area (Å²) in [5.41, 5.74) is 5.02. The Morgan fingerprint density at radius 2 is 1.79 bits per heavy atom. The molecular weight excluding hydrogens is 240 g/mol. The van der Waals surface area contributed by atoms with Crippen LogP contribution in [0.5, 0.6) is 0 Å². The van der Waals surface area contributed by atoms with Gasteiger partial charge >= 0.3 is 0 Å². The van der Waals surface area contributed by atoms with E-state index in [1.54, 1.807) is 6.08 Å². The molecule has 0 saturated heterocycles. The van der Waals surface area contributed by atoms with Crippen molar-refractivity contribution in [2.75, 3.05) is 6.54 Å². The van der Waals surface area contributed by atoms with E-state index < -0.39 is 0 Å². The first-order valence-corrected chi connectivity index (χ1v) is 7.39. The normalized spacial score (nSPS) is 10.8. The van der Waals surface area contributed by atoms with Gasteiger partial charge in [-0.25, -0.2) is 0 Å². The fourth-order valence-electron chi connectivity index (χ4n) is 1.75. The molecule has 0 radical (unpaired) electrons. The molecule has 0 rings (SSSR count). The third-order valence-corrected chi connectivity index (χ3v) is 2.89. The van der Waals surface area contributed by atoms with Gasteiger partial charge in [0.05, 0.1) is 0 Å². The van der Waals surface area contributed by atoms with Crippen LogP contribution in [0.3, 0.4) is 0 Å². The fraction of sp³-hybridized carbons (Fsp3) is 0.733. The average molecular weight is 268 g/mol. The number of amides is 2. The Kier molecular flexibility index (Phi) is 12.2. The Labute approximate surface area is 116 Å². The number of allylic oxidation sites excluding steroid dienone is 1. The van der Waals surface area contributed by atoms with E-state index in [2.05, 4.69) is 12.2 Å². The highest BCUT2D eigenvalue weighted by Gasteiger charge is 1.96. The highest BCUT2D eigenvalue weighted by molar-refractivity contribution is 5.87. The largest absolute Gasteiger partial charge is 0.370 e. The lowest BCUT2D eigenvalue weighted by Gasteiger charge is -2.01. The van der Waals surface area contributed by atoms with Crippen LogP contribution in [0.25, 0.3) is 0 Å². The van der Waals surface area contributed by atoms with Crippen LogP contribution < -0.4 is 11.1 Å². The zero-order valence-corrected chi connectivity index (χ0v) is 12.1. The van der Waals surface area contributed by atoms with Gasteiger partial charge < -0.3 is 11.1 Å². The number of primary amides is 1. The number of hydrogen-bond donors (Lipinski definition) is 2. The number of hydrogen-bond acceptors (Lipinski definition) is 2. The third-order valence-electron chi connectivity index (χ3n) is 2.89. The number of carbonyl (C=O) groups excluding carboxylic acids is 2. The van der Waals surface area contributed by atoms with Crippen LogP contribution in [0, 0.1) is 0 Å². The van der Waals surface area contributed by atoms with Gasteiger partial charge in [-0.1, -0.05) is 38.7 Å². The van der Waals surface area contributed by atoms with Crippen molar-refractivity contribution in [3.63, 3.8) is 0 Å². The van der Waals surface area contributed by atoms with Gasteiger partial charge in [0, 0.05) is 13.0 Å². The quantitative estimate of drug-likeness (QED) is 0.422. The minimum atomic E-state index is -0.283. The number of rotatable bonds is 12. The molecule has 0 aromatic rings. The van der Waals surface area contributed by atoms with E-state index >= 15 is 0 Å². The summed E-state index contributed by atoms with van der Waals surface area (Å²) in [6.45, 7) is 2.81. The molecule has 4 heteroatoms. The first-order valence-electron chi connectivity index (χ1n) is 7.39. The second-order valence-corrected chi connectivity index (χ2v) is 4.82. The van der Waals surface area contributed by atoms with Crippen LogP contribution in [-0.4, -0.2) is 18.4 Å². The minimum Gasteiger partial charge on any atom is -0.370 e. The maximum atomic E-state index is 11.4. The lowest BCUT2D eigenvalue weighted by molar-refractivity contribution is -0.118. The molecule has 0 spiro atoms. The molecule has 0 bridgehead atoms. The van der Waals surface area contributed by atoms with Crippen molar-refractivity contribution in [3.8, 4) is 0 Å². The number of nitrogens with two attached hydrogens (primary N) is 1. The van der Waals surface area contributed by atoms with Crippen LogP contribution in [0.15, 0.2) is 12.2 Å². The van der Waals surface area contributed by atoms with Crippen LogP contribution >= 0.6 is 0 Å². The predicted molar refractivity (Wildman–Crippen MR) is 78.6 cm³/mol. The van der Waals surface area contributed by atoms with Gasteiger partial charge in [0.2, 0.25) is 11.8 Å². The van der Waals surface area contributed by atoms with Crippen molar-refractivity contribution in [3.05, 3.63) is 12.2 Å². The zero-order valence-electron chi connectivity index (χ0n) is 12.1. The predicted octanol–water partition coefficient (Wildman–Crippen LogP) is 2.67. The topological polar surface area (TPSA) is 72.2 Å². The van der Waals surface area contributed by atoms with Crippen molar-refractivity contribution >= 4 is 11.8 Å². The molecule has 3 N–H and O–H groups in total. The number of nitrogens with one attached hydrogen (secondary N) is 1. The van der Waals surface area contributed by atoms with E-state index in [9.17, 15) is 9.59 Å². The molecule has 110 valence electrons. The molecular formula is C15H28N2O2. The molecule has 0 aromatic carbocycles. The molecule has 0 saturated carbocycles. The molecule has 2 amide bonds. The summed E-state index contributed by atoms with van der Waals surface area (Å²) in [4.78, 5) is 21.9. The molecule has 0 fully saturated rings. The van der Waals surface area contributed by atoms with Gasteiger partial charge in [0.1, 0.15) is 0 Å². The highest BCUT2D eigenvalue weighted by Crippen LogP contribution is 2.05. The first-order chi connectivity index (χ1) is 9.16. The second-order valence-electron chi connectivity index (χ2n) is 4.82. The van der Waals surface area contributed by atoms with Gasteiger partial charge in [-0.3, -0.25) is 9.59 Å². The SMILES string of the molecule is CCCCCCC/C=C/C(=O)NCCCCC(N)=O. The molecule has 0 unspecified atom stereocenters. The summed E-state index contributed by atoms with van der Waals surface area (Å²) in [6.07, 6.45) is 12.7. The van der Waals surface area contributed by atoms with Gasteiger partial charge in [-0.2, -0.15) is 0 Å². The summed E-state index contributed by atoms with van der Waals surface area (Å²) >= 11 is 0. The smallest absolute Gasteiger partial charge is 0.243 e. The van der Waals surface area contributed by atoms with Crippen molar-refractivity contribution in [1.82, 2.24) is 5.32 Å². The van der Waals surface area contributed by atoms with Gasteiger partial charge in [0.15, 0.2) is 0 Å². The molecule has 4 nitrogen and oxygen atoms in total. The lowest BCUT2D eigenvalue weighted by atomic mass is 10.1. The molecule has 0 aromatic heterocycles. The molecule has 0 aliphatic rings. The highest BCUT2D eigenvalue weighted by atomic mass is 16.1. The number of carbonyl (C=O) groups is 2. The second kappa shape index (κ2) is 13.1. The summed E-state index contributed by atoms with van der Waals surface area (Å²) in [7, 11) is 0. The maximum absolute atomic E-state index is 11.4. The van der Waals surface area contributed by atoms with Crippen LogP contribution in [-0.2, 0) is 9.59 Å². The minimum absolute atomic E-state index is 0.0485. The van der Waals surface area contributed by atoms with E-state index in [1.807, 2.05) is 6.08 Å². The summed E-state index contributed by atoms with van der Waals surface area (Å²) < 4.78 is 0. The van der Waals surface area contributed by atoms with E-state index in [-0.39, 0.29) is 11.8 Å². The molecule has 19 heavy (non-hydrogen) atoms. The van der Waals surface area contributed by atoms with Gasteiger partial charge in [-0.05, 0) is 31.8 Å². The monoisotopic (exact) mass is 268 g/mol. The van der Waals surface area contributed by atoms with E-state index in [1.165, 1.54) is 25.7 Å². The van der Waals surface area contributed by atoms with Crippen molar-refractivity contribution in [2.24, 2.45) is 5.73 Å². The lowest BCUT2D eigenvalue weighted by Crippen LogP contribution is -2.22. The van der Waals surface area contributed by atoms with E-state index in [4.69, 9.17) is 5.73 Å². The van der Waals surface area contributed by atoms with Crippen molar-refractivity contribution in [2.45, 2.75) is 64.7 Å². The standard InChI is InChI=1S/C15H28N2O2/c1-2-3-4-5-6-7-8-12-15(19)17-13-10-9-11-14(16)18/h8,12H,2-7,9-11,13H2,1H3,(H2,16,18)(H,17,19)/b12-8+. The van der Waals surface area contributed by atoms with Crippen LogP contribution in [0.4, 0.5) is 0 Å². The van der Waals surface area contributed by atoms with Crippen LogP contribution in [0.2, 0.25) is 0 Å². The molecule has 0 aliphatic heterocycles. The molecule has 0 heterocycles. The Hall–Kier alpha value is -1.32. The van der Waals surface area contributed by atoms with Gasteiger partial charge in [-0.15, -0.1) is 0 Å². The van der Waals surface area contributed by atoms with Gasteiger partial charge in [0.25, 0.3) is 0 Å². The van der Waals surface area contributed by atoms with E-state index in [0.29, 0.717) is 13.0 Å². The summed E-state index contributed by atoms with van der Waals surface area (Å²) in [6, 6.07) is 0. The van der Waals surface area contributed by atoms with Crippen molar-refractivity contribution in [1.29, 1.82) is 0 Å². The van der Waals surface area contributed by atoms with Crippen molar-refractivity contribution < 1.29 is 9.59 Å². The Balaban J connectivity index is 3.35. The average Bonchev–Trinajstić information content (AvgIpc) is 2.37. The summed E-state index contributed by atoms with van der Waals surface area (Å²) in [5.74, 6) is -0.332. The fourth-order valence-corrected chi connectivity index (χ4v) is 1.75. The van der Waals surface area contributed by atoms with Crippen LogP contribution in [0.1, 0.15) is 64.7 Å². The molecule has 0 aliphatic carbocycles.